The summed E-state index contributed by atoms with van der Waals surface area (Å²) >= 11 is 0. The summed E-state index contributed by atoms with van der Waals surface area (Å²) in [5.74, 6) is -1.50. The standard InChI is InChI=1S/C18H20O3/c1-17(2)14-8-9-18(17,3)15(19)13(14)10-11-4-6-12(7-5-11)16(20)21/h4-7,10,14H,8-9H2,1-3H3,(H,20,21)/b13-10-/i4D,5D,6D,7D. The lowest BCUT2D eigenvalue weighted by atomic mass is 9.70. The predicted molar refractivity (Wildman–Crippen MR) is 81.0 cm³/mol. The molecule has 0 aromatic heterocycles. The van der Waals surface area contributed by atoms with Crippen LogP contribution in [0.4, 0.5) is 0 Å². The summed E-state index contributed by atoms with van der Waals surface area (Å²) in [6, 6.07) is -2.04. The van der Waals surface area contributed by atoms with Gasteiger partial charge in [0.05, 0.1) is 11.0 Å². The van der Waals surface area contributed by atoms with Crippen molar-refractivity contribution in [3.63, 3.8) is 0 Å². The molecule has 3 rings (SSSR count). The minimum atomic E-state index is -1.50. The normalized spacial score (nSPS) is 34.5. The highest BCUT2D eigenvalue weighted by Gasteiger charge is 2.63. The monoisotopic (exact) mass is 288 g/mol. The van der Waals surface area contributed by atoms with Crippen LogP contribution in [-0.2, 0) is 4.79 Å². The fraction of sp³-hybridized carbons (Fsp3) is 0.444. The molecule has 1 aromatic carbocycles. The maximum absolute atomic E-state index is 12.9. The first kappa shape index (κ1) is 9.93. The first-order chi connectivity index (χ1) is 11.4. The van der Waals surface area contributed by atoms with Crippen molar-refractivity contribution in [3.05, 3.63) is 40.9 Å². The van der Waals surface area contributed by atoms with E-state index in [0.717, 1.165) is 12.8 Å². The highest BCUT2D eigenvalue weighted by molar-refractivity contribution is 6.08. The summed E-state index contributed by atoms with van der Waals surface area (Å²) in [4.78, 5) is 24.1. The molecule has 0 amide bonds. The summed E-state index contributed by atoms with van der Waals surface area (Å²) < 4.78 is 31.9. The quantitative estimate of drug-likeness (QED) is 0.842. The largest absolute Gasteiger partial charge is 0.478 e. The van der Waals surface area contributed by atoms with Crippen molar-refractivity contribution < 1.29 is 20.2 Å². The number of Topliss-reactive ketones (excluding diaryl/α,β-unsaturated/α-hetero) is 1. The Balaban J connectivity index is 2.22. The average molecular weight is 288 g/mol. The second kappa shape index (κ2) is 4.30. The van der Waals surface area contributed by atoms with Gasteiger partial charge in [0, 0.05) is 5.41 Å². The smallest absolute Gasteiger partial charge is 0.335 e. The molecule has 2 aliphatic carbocycles. The zero-order valence-electron chi connectivity index (χ0n) is 16.3. The van der Waals surface area contributed by atoms with Gasteiger partial charge < -0.3 is 5.11 Å². The van der Waals surface area contributed by atoms with Crippen LogP contribution in [0.15, 0.2) is 29.7 Å². The second-order valence-corrected chi connectivity index (χ2v) is 6.67. The third-order valence-electron chi connectivity index (χ3n) is 5.52. The average Bonchev–Trinajstić information content (AvgIpc) is 2.83. The van der Waals surface area contributed by atoms with Crippen molar-refractivity contribution in [1.29, 1.82) is 0 Å². The van der Waals surface area contributed by atoms with Crippen LogP contribution in [0.25, 0.3) is 6.08 Å². The molecule has 2 bridgehead atoms. The van der Waals surface area contributed by atoms with Gasteiger partial charge in [-0.05, 0) is 53.5 Å². The van der Waals surface area contributed by atoms with E-state index in [1.54, 1.807) is 0 Å². The second-order valence-electron chi connectivity index (χ2n) is 6.67. The first-order valence-corrected chi connectivity index (χ1v) is 7.05. The van der Waals surface area contributed by atoms with Crippen LogP contribution in [0.2, 0.25) is 0 Å². The summed E-state index contributed by atoms with van der Waals surface area (Å²) in [6.07, 6.45) is 3.09. The third-order valence-corrected chi connectivity index (χ3v) is 5.52. The van der Waals surface area contributed by atoms with Gasteiger partial charge in [-0.1, -0.05) is 32.9 Å². The Morgan fingerprint density at radius 2 is 1.95 bits per heavy atom. The van der Waals surface area contributed by atoms with Crippen LogP contribution in [0.3, 0.4) is 0 Å². The van der Waals surface area contributed by atoms with Gasteiger partial charge in [-0.3, -0.25) is 4.79 Å². The van der Waals surface area contributed by atoms with Gasteiger partial charge in [0.15, 0.2) is 5.78 Å². The zero-order chi connectivity index (χ0) is 18.9. The number of carbonyl (C=O) groups is 2. The molecule has 2 saturated carbocycles. The number of carboxylic acid groups (broad SMARTS) is 1. The van der Waals surface area contributed by atoms with Gasteiger partial charge in [-0.2, -0.15) is 0 Å². The lowest BCUT2D eigenvalue weighted by Crippen LogP contribution is -2.32. The lowest BCUT2D eigenvalue weighted by molar-refractivity contribution is -0.125. The van der Waals surface area contributed by atoms with Crippen molar-refractivity contribution in [3.8, 4) is 0 Å². The Labute approximate surface area is 130 Å². The van der Waals surface area contributed by atoms with Crippen LogP contribution >= 0.6 is 0 Å². The van der Waals surface area contributed by atoms with Crippen molar-refractivity contribution in [2.24, 2.45) is 16.7 Å². The Hall–Kier alpha value is -1.90. The van der Waals surface area contributed by atoms with Crippen molar-refractivity contribution in [1.82, 2.24) is 0 Å². The van der Waals surface area contributed by atoms with Crippen LogP contribution in [0.5, 0.6) is 0 Å². The molecule has 0 spiro atoms. The van der Waals surface area contributed by atoms with Gasteiger partial charge >= 0.3 is 5.97 Å². The van der Waals surface area contributed by atoms with Gasteiger partial charge in [0.1, 0.15) is 0 Å². The number of benzene rings is 1. The summed E-state index contributed by atoms with van der Waals surface area (Å²) in [7, 11) is 0. The number of allylic oxidation sites excluding steroid dienone is 1. The molecule has 1 aromatic rings. The van der Waals surface area contributed by atoms with Gasteiger partial charge in [-0.25, -0.2) is 4.79 Å². The molecule has 0 heterocycles. The molecule has 0 radical (unpaired) electrons. The summed E-state index contributed by atoms with van der Waals surface area (Å²) in [6.45, 7) is 6.04. The van der Waals surface area contributed by atoms with Crippen molar-refractivity contribution in [2.45, 2.75) is 33.6 Å². The molecule has 2 atom stereocenters. The number of carboxylic acids is 1. The molecular formula is C18H20O3. The molecule has 1 N–H and O–H groups in total. The molecule has 2 unspecified atom stereocenters. The minimum Gasteiger partial charge on any atom is -0.478 e. The van der Waals surface area contributed by atoms with E-state index in [-0.39, 0.29) is 22.7 Å². The molecule has 0 aliphatic heterocycles. The van der Waals surface area contributed by atoms with Crippen molar-refractivity contribution >= 4 is 17.8 Å². The number of fused-ring (bicyclic) bond motifs is 2. The van der Waals surface area contributed by atoms with E-state index >= 15 is 0 Å². The third kappa shape index (κ3) is 1.80. The topological polar surface area (TPSA) is 54.4 Å². The predicted octanol–water partition coefficient (Wildman–Crippen LogP) is 3.79. The molecule has 2 aliphatic rings. The first-order valence-electron chi connectivity index (χ1n) is 9.05. The van der Waals surface area contributed by atoms with Crippen LogP contribution < -0.4 is 0 Å². The van der Waals surface area contributed by atoms with E-state index in [1.807, 2.05) is 20.8 Å². The lowest BCUT2D eigenvalue weighted by Gasteiger charge is -2.31. The Bertz CT molecular complexity index is 827. The van der Waals surface area contributed by atoms with E-state index in [4.69, 9.17) is 10.6 Å². The van der Waals surface area contributed by atoms with Crippen LogP contribution in [-0.4, -0.2) is 16.9 Å². The molecule has 21 heavy (non-hydrogen) atoms. The van der Waals surface area contributed by atoms with Crippen molar-refractivity contribution in [2.75, 3.05) is 0 Å². The molecule has 0 saturated heterocycles. The summed E-state index contributed by atoms with van der Waals surface area (Å²) in [5.41, 5.74) is -0.848. The fourth-order valence-corrected chi connectivity index (χ4v) is 3.75. The zero-order valence-corrected chi connectivity index (χ0v) is 12.3. The van der Waals surface area contributed by atoms with E-state index < -0.39 is 41.1 Å². The maximum atomic E-state index is 12.9. The van der Waals surface area contributed by atoms with Gasteiger partial charge in [0.2, 0.25) is 0 Å². The van der Waals surface area contributed by atoms with Crippen LogP contribution in [0.1, 0.15) is 55.0 Å². The van der Waals surface area contributed by atoms with E-state index in [0.29, 0.717) is 5.57 Å². The number of hydrogen-bond donors (Lipinski definition) is 1. The minimum absolute atomic E-state index is 0.00585. The Kier molecular flexibility index (Phi) is 2.03. The number of rotatable bonds is 2. The Morgan fingerprint density at radius 1 is 1.33 bits per heavy atom. The van der Waals surface area contributed by atoms with E-state index in [9.17, 15) is 9.59 Å². The highest BCUT2D eigenvalue weighted by atomic mass is 16.4. The van der Waals surface area contributed by atoms with E-state index in [1.165, 1.54) is 6.08 Å². The fourth-order valence-electron chi connectivity index (χ4n) is 3.75. The number of hydrogen-bond acceptors (Lipinski definition) is 2. The molecule has 2 fully saturated rings. The molecular weight excluding hydrogens is 264 g/mol. The Morgan fingerprint density at radius 3 is 2.43 bits per heavy atom. The number of ketones is 1. The van der Waals surface area contributed by atoms with E-state index in [2.05, 4.69) is 0 Å². The SMILES string of the molecule is [2H]c1c([2H])c(C(=O)O)c([2H])c([2H])c1/C=C1\C(=O)C2(C)CCC1C2(C)C. The maximum Gasteiger partial charge on any atom is 0.335 e. The van der Waals surface area contributed by atoms with Crippen LogP contribution in [0, 0.1) is 16.7 Å². The number of carbonyl (C=O) groups excluding carboxylic acids is 1. The molecule has 110 valence electrons. The van der Waals surface area contributed by atoms with Gasteiger partial charge in [-0.15, -0.1) is 0 Å². The molecule has 3 heteroatoms. The summed E-state index contributed by atoms with van der Waals surface area (Å²) in [5, 5.41) is 9.12. The number of aromatic carboxylic acids is 1. The highest BCUT2D eigenvalue weighted by Crippen LogP contribution is 2.65. The van der Waals surface area contributed by atoms with Gasteiger partial charge in [0.25, 0.3) is 0 Å². The molecule has 3 nitrogen and oxygen atoms in total.